The third-order valence-electron chi connectivity index (χ3n) is 8.08. The lowest BCUT2D eigenvalue weighted by Crippen LogP contribution is -2.43. The van der Waals surface area contributed by atoms with Crippen molar-refractivity contribution in [1.82, 2.24) is 4.90 Å². The number of aliphatic hydroxyl groups excluding tert-OH is 1. The zero-order valence-corrected chi connectivity index (χ0v) is 26.0. The predicted octanol–water partition coefficient (Wildman–Crippen LogP) is 6.61. The van der Waals surface area contributed by atoms with Crippen LogP contribution < -0.4 is 14.2 Å². The van der Waals surface area contributed by atoms with Crippen LogP contribution in [0.25, 0.3) is 0 Å². The summed E-state index contributed by atoms with van der Waals surface area (Å²) in [5.41, 5.74) is 3.88. The van der Waals surface area contributed by atoms with Crippen LogP contribution in [0.15, 0.2) is 109 Å². The molecule has 0 spiro atoms. The van der Waals surface area contributed by atoms with Gasteiger partial charge in [-0.05, 0) is 60.4 Å². The van der Waals surface area contributed by atoms with Crippen molar-refractivity contribution in [3.05, 3.63) is 126 Å². The quantitative estimate of drug-likeness (QED) is 0.166. The van der Waals surface area contributed by atoms with Crippen LogP contribution in [0.1, 0.15) is 48.3 Å². The summed E-state index contributed by atoms with van der Waals surface area (Å²) in [6.45, 7) is 1.60. The number of nitrogens with zero attached hydrogens (tertiary/aromatic N) is 1. The minimum atomic E-state index is -3.55. The first-order valence-corrected chi connectivity index (χ1v) is 17.1. The minimum absolute atomic E-state index is 0.0766. The van der Waals surface area contributed by atoms with Crippen LogP contribution in [0, 0.1) is 0 Å². The molecule has 1 atom stereocenters. The second kappa shape index (κ2) is 15.2. The third kappa shape index (κ3) is 9.58. The van der Waals surface area contributed by atoms with Crippen molar-refractivity contribution >= 4 is 15.7 Å². The van der Waals surface area contributed by atoms with Crippen molar-refractivity contribution in [1.29, 1.82) is 0 Å². The Morgan fingerprint density at radius 2 is 1.43 bits per heavy atom. The van der Waals surface area contributed by atoms with Gasteiger partial charge < -0.3 is 14.6 Å². The number of aliphatic hydroxyl groups is 1. The summed E-state index contributed by atoms with van der Waals surface area (Å²) in [7, 11) is -3.55. The zero-order valence-electron chi connectivity index (χ0n) is 25.2. The highest BCUT2D eigenvalue weighted by atomic mass is 32.2. The van der Waals surface area contributed by atoms with Crippen LogP contribution in [-0.2, 0) is 23.2 Å². The maximum absolute atomic E-state index is 12.1. The normalized spacial score (nSPS) is 17.6. The molecule has 0 aliphatic heterocycles. The molecule has 1 saturated carbocycles. The van der Waals surface area contributed by atoms with Gasteiger partial charge in [0.05, 0.1) is 11.9 Å². The highest BCUT2D eigenvalue weighted by molar-refractivity contribution is 7.92. The van der Waals surface area contributed by atoms with E-state index in [0.29, 0.717) is 36.6 Å². The van der Waals surface area contributed by atoms with Crippen LogP contribution in [0.3, 0.4) is 0 Å². The van der Waals surface area contributed by atoms with Gasteiger partial charge in [-0.3, -0.25) is 9.62 Å². The molecule has 8 heteroatoms. The number of sulfonamides is 1. The number of hydrogen-bond acceptors (Lipinski definition) is 6. The van der Waals surface area contributed by atoms with Gasteiger partial charge in [0.15, 0.2) is 0 Å². The van der Waals surface area contributed by atoms with Gasteiger partial charge in [-0.1, -0.05) is 91.0 Å². The summed E-state index contributed by atoms with van der Waals surface area (Å²) in [5.74, 6) is 1.42. The van der Waals surface area contributed by atoms with Crippen LogP contribution >= 0.6 is 0 Å². The summed E-state index contributed by atoms with van der Waals surface area (Å²) in [6, 6.07) is 36.2. The molecule has 4 aromatic carbocycles. The molecule has 1 aliphatic carbocycles. The van der Waals surface area contributed by atoms with E-state index in [1.165, 1.54) is 11.1 Å². The summed E-state index contributed by atoms with van der Waals surface area (Å²) in [5, 5.41) is 11.1. The molecule has 4 aromatic rings. The van der Waals surface area contributed by atoms with E-state index < -0.39 is 16.1 Å². The highest BCUT2D eigenvalue weighted by Crippen LogP contribution is 2.35. The van der Waals surface area contributed by atoms with Crippen molar-refractivity contribution < 1.29 is 23.0 Å². The summed E-state index contributed by atoms with van der Waals surface area (Å²) < 4.78 is 38.6. The fourth-order valence-electron chi connectivity index (χ4n) is 5.92. The Kier molecular flexibility index (Phi) is 10.9. The average Bonchev–Trinajstić information content (AvgIpc) is 3.04. The topological polar surface area (TPSA) is 88.1 Å². The number of benzene rings is 4. The van der Waals surface area contributed by atoms with Gasteiger partial charge >= 0.3 is 0 Å². The number of anilines is 1. The number of rotatable bonds is 14. The van der Waals surface area contributed by atoms with Gasteiger partial charge in [0.1, 0.15) is 30.8 Å². The lowest BCUT2D eigenvalue weighted by atomic mass is 9.81. The van der Waals surface area contributed by atoms with Crippen LogP contribution in [0.5, 0.6) is 11.5 Å². The molecule has 0 unspecified atom stereocenters. The monoisotopic (exact) mass is 614 g/mol. The molecule has 7 nitrogen and oxygen atoms in total. The SMILES string of the molecule is CS(=O)(=O)Nc1cc(OC[C@@H](O)CN(Cc2ccccc2)[C@H]2CC[C@H](c3ccccc3)CC2)ccc1OCc1ccccc1. The average molecular weight is 615 g/mol. The predicted molar refractivity (Wildman–Crippen MR) is 175 cm³/mol. The third-order valence-corrected chi connectivity index (χ3v) is 8.67. The summed E-state index contributed by atoms with van der Waals surface area (Å²) >= 11 is 0. The highest BCUT2D eigenvalue weighted by Gasteiger charge is 2.28. The van der Waals surface area contributed by atoms with Gasteiger partial charge in [0.2, 0.25) is 10.0 Å². The summed E-state index contributed by atoms with van der Waals surface area (Å²) in [4.78, 5) is 2.39. The van der Waals surface area contributed by atoms with Crippen molar-refractivity contribution in [3.8, 4) is 11.5 Å². The molecule has 44 heavy (non-hydrogen) atoms. The van der Waals surface area contributed by atoms with E-state index in [-0.39, 0.29) is 12.3 Å². The maximum Gasteiger partial charge on any atom is 0.229 e. The van der Waals surface area contributed by atoms with E-state index in [9.17, 15) is 13.5 Å². The van der Waals surface area contributed by atoms with Gasteiger partial charge in [-0.25, -0.2) is 8.42 Å². The molecule has 2 N–H and O–H groups in total. The minimum Gasteiger partial charge on any atom is -0.491 e. The Morgan fingerprint density at radius 3 is 2.07 bits per heavy atom. The Labute approximate surface area is 261 Å². The number of hydrogen-bond donors (Lipinski definition) is 2. The number of ether oxygens (including phenoxy) is 2. The lowest BCUT2D eigenvalue weighted by Gasteiger charge is -2.38. The second-order valence-corrected chi connectivity index (χ2v) is 13.4. The molecule has 0 saturated heterocycles. The van der Waals surface area contributed by atoms with Crippen molar-refractivity contribution in [2.75, 3.05) is 24.1 Å². The molecular formula is C36H42N2O5S. The van der Waals surface area contributed by atoms with E-state index in [4.69, 9.17) is 9.47 Å². The molecule has 0 amide bonds. The second-order valence-electron chi connectivity index (χ2n) is 11.6. The molecular weight excluding hydrogens is 572 g/mol. The maximum atomic E-state index is 12.1. The Balaban J connectivity index is 1.22. The lowest BCUT2D eigenvalue weighted by molar-refractivity contribution is 0.0384. The first-order chi connectivity index (χ1) is 21.3. The standard InChI is InChI=1S/C36H42N2O5S/c1-44(40,41)37-35-23-34(21-22-36(35)43-26-29-13-7-3-8-14-29)42-27-33(39)25-38(24-28-11-5-2-6-12-28)32-19-17-31(18-20-32)30-15-9-4-10-16-30/h2-16,21-23,31-33,37,39H,17-20,24-27H2,1H3/t31-,32-,33-/m0/s1. The van der Waals surface area contributed by atoms with E-state index in [2.05, 4.69) is 64.2 Å². The van der Waals surface area contributed by atoms with Gasteiger partial charge in [-0.2, -0.15) is 0 Å². The van der Waals surface area contributed by atoms with Gasteiger partial charge in [-0.15, -0.1) is 0 Å². The van der Waals surface area contributed by atoms with E-state index in [1.54, 1.807) is 18.2 Å². The molecule has 1 aliphatic rings. The largest absolute Gasteiger partial charge is 0.491 e. The Morgan fingerprint density at radius 1 is 0.818 bits per heavy atom. The van der Waals surface area contributed by atoms with Gasteiger partial charge in [0.25, 0.3) is 0 Å². The fourth-order valence-corrected chi connectivity index (χ4v) is 6.47. The van der Waals surface area contributed by atoms with E-state index >= 15 is 0 Å². The van der Waals surface area contributed by atoms with Crippen LogP contribution in [0.2, 0.25) is 0 Å². The molecule has 232 valence electrons. The molecule has 0 bridgehead atoms. The molecule has 0 aromatic heterocycles. The molecule has 0 heterocycles. The first-order valence-electron chi connectivity index (χ1n) is 15.2. The van der Waals surface area contributed by atoms with Crippen molar-refractivity contribution in [2.45, 2.75) is 56.9 Å². The van der Waals surface area contributed by atoms with Gasteiger partial charge in [0, 0.05) is 25.2 Å². The zero-order chi connectivity index (χ0) is 30.8. The van der Waals surface area contributed by atoms with Crippen LogP contribution in [-0.4, -0.2) is 50.0 Å². The fraction of sp³-hybridized carbons (Fsp3) is 0.333. The Bertz CT molecular complexity index is 1540. The van der Waals surface area contributed by atoms with Crippen LogP contribution in [0.4, 0.5) is 5.69 Å². The molecule has 1 fully saturated rings. The van der Waals surface area contributed by atoms with Crippen molar-refractivity contribution in [2.24, 2.45) is 0 Å². The van der Waals surface area contributed by atoms with E-state index in [1.807, 2.05) is 36.4 Å². The first kappa shape index (κ1) is 31.6. The smallest absolute Gasteiger partial charge is 0.229 e. The Hall–Kier alpha value is -3.85. The molecule has 5 rings (SSSR count). The van der Waals surface area contributed by atoms with E-state index in [0.717, 1.165) is 44.0 Å². The number of nitrogens with one attached hydrogen (secondary N) is 1. The summed E-state index contributed by atoms with van der Waals surface area (Å²) in [6.07, 6.45) is 4.77. The van der Waals surface area contributed by atoms with Crippen molar-refractivity contribution in [3.63, 3.8) is 0 Å². The molecule has 0 radical (unpaired) electrons.